The highest BCUT2D eigenvalue weighted by molar-refractivity contribution is 7.09. The van der Waals surface area contributed by atoms with E-state index in [1.165, 1.54) is 5.56 Å². The van der Waals surface area contributed by atoms with E-state index >= 15 is 0 Å². The molecule has 2 N–H and O–H groups in total. The largest absolute Gasteiger partial charge is 0.368 e. The Hall–Kier alpha value is -1.53. The lowest BCUT2D eigenvalue weighted by Gasteiger charge is -2.26. The Bertz CT molecular complexity index is 511. The molecule has 2 aromatic rings. The zero-order valence-corrected chi connectivity index (χ0v) is 10.2. The molecule has 0 aromatic carbocycles. The first-order valence-electron chi connectivity index (χ1n) is 5.52. The summed E-state index contributed by atoms with van der Waals surface area (Å²) in [5.41, 5.74) is 7.86. The van der Waals surface area contributed by atoms with E-state index in [1.807, 2.05) is 17.8 Å². The number of rotatable bonds is 2. The molecule has 2 aromatic heterocycles. The maximum Gasteiger partial charge on any atom is 0.220 e. The standard InChI is InChI=1S/C11H13N5S/c12-11-14-5-8-6-16(3-1-9(8)15-11)7-10-13-2-4-17-10/h2,4-5H,1,3,6-7H2,(H2,12,14,15). The van der Waals surface area contributed by atoms with Crippen molar-refractivity contribution in [3.63, 3.8) is 0 Å². The van der Waals surface area contributed by atoms with Crippen molar-refractivity contribution in [1.29, 1.82) is 0 Å². The van der Waals surface area contributed by atoms with E-state index in [0.29, 0.717) is 5.95 Å². The summed E-state index contributed by atoms with van der Waals surface area (Å²) >= 11 is 1.70. The van der Waals surface area contributed by atoms with Gasteiger partial charge in [-0.05, 0) is 0 Å². The lowest BCUT2D eigenvalue weighted by atomic mass is 10.1. The van der Waals surface area contributed by atoms with Crippen LogP contribution in [0.1, 0.15) is 16.3 Å². The van der Waals surface area contributed by atoms with Crippen LogP contribution in [0.25, 0.3) is 0 Å². The minimum absolute atomic E-state index is 0.372. The predicted molar refractivity (Wildman–Crippen MR) is 66.4 cm³/mol. The third-order valence-electron chi connectivity index (χ3n) is 2.87. The summed E-state index contributed by atoms with van der Waals surface area (Å²) in [5, 5.41) is 3.17. The fourth-order valence-corrected chi connectivity index (χ4v) is 2.70. The maximum absolute atomic E-state index is 5.58. The Labute approximate surface area is 103 Å². The Morgan fingerprint density at radius 3 is 3.18 bits per heavy atom. The van der Waals surface area contributed by atoms with Gasteiger partial charge >= 0.3 is 0 Å². The van der Waals surface area contributed by atoms with Crippen LogP contribution in [0.3, 0.4) is 0 Å². The zero-order chi connectivity index (χ0) is 11.7. The van der Waals surface area contributed by atoms with Crippen molar-refractivity contribution in [3.05, 3.63) is 34.0 Å². The van der Waals surface area contributed by atoms with Crippen LogP contribution in [-0.2, 0) is 19.5 Å². The molecule has 0 unspecified atom stereocenters. The fraction of sp³-hybridized carbons (Fsp3) is 0.364. The third-order valence-corrected chi connectivity index (χ3v) is 3.64. The zero-order valence-electron chi connectivity index (χ0n) is 9.33. The molecule has 0 bridgehead atoms. The van der Waals surface area contributed by atoms with Crippen molar-refractivity contribution >= 4 is 17.3 Å². The molecule has 0 saturated heterocycles. The van der Waals surface area contributed by atoms with Crippen LogP contribution in [0, 0.1) is 0 Å². The van der Waals surface area contributed by atoms with Gasteiger partial charge < -0.3 is 5.73 Å². The van der Waals surface area contributed by atoms with Gasteiger partial charge in [0.1, 0.15) is 5.01 Å². The van der Waals surface area contributed by atoms with Crippen molar-refractivity contribution < 1.29 is 0 Å². The molecule has 0 aliphatic carbocycles. The van der Waals surface area contributed by atoms with Crippen LogP contribution in [0.15, 0.2) is 17.8 Å². The highest BCUT2D eigenvalue weighted by Crippen LogP contribution is 2.19. The van der Waals surface area contributed by atoms with Gasteiger partial charge in [-0.2, -0.15) is 0 Å². The molecule has 3 rings (SSSR count). The quantitative estimate of drug-likeness (QED) is 0.860. The highest BCUT2D eigenvalue weighted by atomic mass is 32.1. The first-order chi connectivity index (χ1) is 8.31. The summed E-state index contributed by atoms with van der Waals surface area (Å²) in [5.74, 6) is 0.372. The van der Waals surface area contributed by atoms with Crippen molar-refractivity contribution in [2.24, 2.45) is 0 Å². The Morgan fingerprint density at radius 1 is 1.41 bits per heavy atom. The van der Waals surface area contributed by atoms with Gasteiger partial charge in [-0.25, -0.2) is 15.0 Å². The number of fused-ring (bicyclic) bond motifs is 1. The molecule has 0 radical (unpaired) electrons. The van der Waals surface area contributed by atoms with Crippen LogP contribution in [-0.4, -0.2) is 26.4 Å². The van der Waals surface area contributed by atoms with E-state index in [9.17, 15) is 0 Å². The van der Waals surface area contributed by atoms with Crippen molar-refractivity contribution in [2.45, 2.75) is 19.5 Å². The first kappa shape index (κ1) is 10.6. The summed E-state index contributed by atoms with van der Waals surface area (Å²) in [6.07, 6.45) is 4.63. The molecule has 5 nitrogen and oxygen atoms in total. The Morgan fingerprint density at radius 2 is 2.35 bits per heavy atom. The van der Waals surface area contributed by atoms with E-state index in [4.69, 9.17) is 5.73 Å². The van der Waals surface area contributed by atoms with Gasteiger partial charge in [0.25, 0.3) is 0 Å². The molecule has 88 valence electrons. The van der Waals surface area contributed by atoms with E-state index < -0.39 is 0 Å². The van der Waals surface area contributed by atoms with Gasteiger partial charge in [-0.1, -0.05) is 0 Å². The number of nitrogens with zero attached hydrogens (tertiary/aromatic N) is 4. The molecule has 0 spiro atoms. The van der Waals surface area contributed by atoms with Crippen LogP contribution in [0.2, 0.25) is 0 Å². The molecule has 17 heavy (non-hydrogen) atoms. The number of nitrogens with two attached hydrogens (primary N) is 1. The molecule has 3 heterocycles. The summed E-state index contributed by atoms with van der Waals surface area (Å²) < 4.78 is 0. The minimum Gasteiger partial charge on any atom is -0.368 e. The molecular weight excluding hydrogens is 234 g/mol. The van der Waals surface area contributed by atoms with Crippen LogP contribution in [0.4, 0.5) is 5.95 Å². The number of thiazole rings is 1. The van der Waals surface area contributed by atoms with E-state index in [1.54, 1.807) is 11.3 Å². The average Bonchev–Trinajstić information content (AvgIpc) is 2.82. The van der Waals surface area contributed by atoms with Gasteiger partial charge in [0, 0.05) is 42.8 Å². The summed E-state index contributed by atoms with van der Waals surface area (Å²) in [4.78, 5) is 15.0. The first-order valence-corrected chi connectivity index (χ1v) is 6.40. The van der Waals surface area contributed by atoms with Gasteiger partial charge in [0.2, 0.25) is 5.95 Å². The third kappa shape index (κ3) is 2.27. The second-order valence-corrected chi connectivity index (χ2v) is 5.07. The molecule has 1 aliphatic heterocycles. The monoisotopic (exact) mass is 247 g/mol. The molecular formula is C11H13N5S. The van der Waals surface area contributed by atoms with Crippen LogP contribution in [0.5, 0.6) is 0 Å². The number of nitrogen functional groups attached to an aromatic ring is 1. The lowest BCUT2D eigenvalue weighted by Crippen LogP contribution is -2.31. The van der Waals surface area contributed by atoms with Crippen LogP contribution < -0.4 is 5.73 Å². The Kier molecular flexibility index (Phi) is 2.74. The molecule has 1 aliphatic rings. The number of hydrogen-bond donors (Lipinski definition) is 1. The molecule has 6 heteroatoms. The number of hydrogen-bond acceptors (Lipinski definition) is 6. The summed E-state index contributed by atoms with van der Waals surface area (Å²) in [6, 6.07) is 0. The maximum atomic E-state index is 5.58. The minimum atomic E-state index is 0.372. The second-order valence-electron chi connectivity index (χ2n) is 4.09. The lowest BCUT2D eigenvalue weighted by molar-refractivity contribution is 0.242. The predicted octanol–water partition coefficient (Wildman–Crippen LogP) is 1.07. The molecule has 0 fully saturated rings. The van der Waals surface area contributed by atoms with E-state index in [2.05, 4.69) is 19.9 Å². The summed E-state index contributed by atoms with van der Waals surface area (Å²) in [6.45, 7) is 2.79. The molecule has 0 atom stereocenters. The van der Waals surface area contributed by atoms with Crippen LogP contribution >= 0.6 is 11.3 Å². The highest BCUT2D eigenvalue weighted by Gasteiger charge is 2.18. The SMILES string of the molecule is Nc1ncc2c(n1)CCN(Cc1nccs1)C2. The van der Waals surface area contributed by atoms with Gasteiger partial charge in [0.15, 0.2) is 0 Å². The van der Waals surface area contributed by atoms with Crippen molar-refractivity contribution in [1.82, 2.24) is 19.9 Å². The smallest absolute Gasteiger partial charge is 0.220 e. The number of anilines is 1. The molecule has 0 amide bonds. The Balaban J connectivity index is 1.74. The second kappa shape index (κ2) is 4.38. The molecule has 0 saturated carbocycles. The van der Waals surface area contributed by atoms with Gasteiger partial charge in [-0.15, -0.1) is 11.3 Å². The average molecular weight is 247 g/mol. The van der Waals surface area contributed by atoms with E-state index in [0.717, 1.165) is 36.8 Å². The summed E-state index contributed by atoms with van der Waals surface area (Å²) in [7, 11) is 0. The van der Waals surface area contributed by atoms with E-state index in [-0.39, 0.29) is 0 Å². The van der Waals surface area contributed by atoms with Gasteiger partial charge in [-0.3, -0.25) is 4.90 Å². The van der Waals surface area contributed by atoms with Gasteiger partial charge in [0.05, 0.1) is 12.2 Å². The number of aromatic nitrogens is 3. The van der Waals surface area contributed by atoms with Crippen molar-refractivity contribution in [3.8, 4) is 0 Å². The normalized spacial score (nSPS) is 15.8. The fourth-order valence-electron chi connectivity index (χ4n) is 2.05. The van der Waals surface area contributed by atoms with Crippen molar-refractivity contribution in [2.75, 3.05) is 12.3 Å². The topological polar surface area (TPSA) is 67.9 Å².